The topological polar surface area (TPSA) is 219 Å². The van der Waals surface area contributed by atoms with Gasteiger partial charge in [-0.3, -0.25) is 14.4 Å². The molecular weight excluding hydrogens is 612 g/mol. The Morgan fingerprint density at radius 1 is 0.936 bits per heavy atom. The molecule has 1 aliphatic heterocycles. The lowest BCUT2D eigenvalue weighted by Gasteiger charge is -2.28. The van der Waals surface area contributed by atoms with Gasteiger partial charge in [-0.25, -0.2) is 4.79 Å². The van der Waals surface area contributed by atoms with Crippen LogP contribution in [0, 0.1) is 5.92 Å². The van der Waals surface area contributed by atoms with Crippen LogP contribution in [0.1, 0.15) is 57.2 Å². The van der Waals surface area contributed by atoms with Gasteiger partial charge in [0.25, 0.3) is 0 Å². The Morgan fingerprint density at radius 3 is 2.15 bits per heavy atom. The minimum Gasteiger partial charge on any atom is -0.504 e. The maximum atomic E-state index is 13.4. The van der Waals surface area contributed by atoms with Crippen LogP contribution in [0.2, 0.25) is 0 Å². The van der Waals surface area contributed by atoms with Crippen LogP contribution in [0.3, 0.4) is 0 Å². The molecule has 3 atom stereocenters. The summed E-state index contributed by atoms with van der Waals surface area (Å²) in [6.07, 6.45) is 3.59. The van der Waals surface area contributed by atoms with Crippen LogP contribution in [0.4, 0.5) is 0 Å². The summed E-state index contributed by atoms with van der Waals surface area (Å²) in [6.45, 7) is 6.66. The molecule has 7 N–H and O–H groups in total. The summed E-state index contributed by atoms with van der Waals surface area (Å²) in [5.74, 6) is -7.68. The molecule has 0 spiro atoms. The molecule has 3 unspecified atom stereocenters. The third-order valence-corrected chi connectivity index (χ3v) is 8.06. The average molecular weight is 647 g/mol. The normalized spacial score (nSPS) is 21.7. The van der Waals surface area contributed by atoms with Gasteiger partial charge in [-0.05, 0) is 67.3 Å². The van der Waals surface area contributed by atoms with Gasteiger partial charge in [0.2, 0.25) is 0 Å². The maximum Gasteiger partial charge on any atom is 0.348 e. The number of hydrogen-bond acceptors (Lipinski definition) is 12. The molecule has 1 aliphatic carbocycles. The zero-order chi connectivity index (χ0) is 35.0. The van der Waals surface area contributed by atoms with Gasteiger partial charge in [-0.15, -0.1) is 0 Å². The van der Waals surface area contributed by atoms with Crippen LogP contribution >= 0.6 is 0 Å². The summed E-state index contributed by atoms with van der Waals surface area (Å²) < 4.78 is 5.20. The summed E-state index contributed by atoms with van der Waals surface area (Å²) in [7, 11) is 0. The monoisotopic (exact) mass is 646 g/mol. The number of aliphatic hydroxyl groups is 3. The largest absolute Gasteiger partial charge is 0.504 e. The van der Waals surface area contributed by atoms with Gasteiger partial charge in [-0.2, -0.15) is 0 Å². The van der Waals surface area contributed by atoms with E-state index in [0.29, 0.717) is 0 Å². The first-order valence-electron chi connectivity index (χ1n) is 14.6. The average Bonchev–Trinajstić information content (AvgIpc) is 3.39. The lowest BCUT2D eigenvalue weighted by molar-refractivity contribution is -0.145. The molecule has 2 aromatic carbocycles. The number of Topliss-reactive ketones (excluding diaryl/α,β-unsaturated/α-hetero) is 2. The van der Waals surface area contributed by atoms with Crippen LogP contribution in [0.5, 0.6) is 23.0 Å². The Bertz CT molecular complexity index is 1860. The summed E-state index contributed by atoms with van der Waals surface area (Å²) in [5.41, 5.74) is -4.62. The number of hydrogen-bond donors (Lipinski definition) is 7. The maximum absolute atomic E-state index is 13.4. The molecule has 12 heteroatoms. The van der Waals surface area contributed by atoms with Crippen LogP contribution in [-0.4, -0.2) is 70.8 Å². The Morgan fingerprint density at radius 2 is 1.55 bits per heavy atom. The van der Waals surface area contributed by atoms with Crippen molar-refractivity contribution < 1.29 is 59.7 Å². The second kappa shape index (κ2) is 13.1. The summed E-state index contributed by atoms with van der Waals surface area (Å²) in [5, 5.41) is 73.9. The van der Waals surface area contributed by atoms with E-state index in [1.165, 1.54) is 18.2 Å². The highest BCUT2D eigenvalue weighted by Crippen LogP contribution is 2.48. The zero-order valence-electron chi connectivity index (χ0n) is 25.9. The van der Waals surface area contributed by atoms with Gasteiger partial charge in [0.15, 0.2) is 63.6 Å². The molecule has 0 saturated heterocycles. The molecule has 246 valence electrons. The lowest BCUT2D eigenvalue weighted by Crippen LogP contribution is -2.48. The first kappa shape index (κ1) is 34.4. The van der Waals surface area contributed by atoms with Gasteiger partial charge in [0.05, 0.1) is 0 Å². The summed E-state index contributed by atoms with van der Waals surface area (Å²) >= 11 is 0. The molecular formula is C35H34O12. The van der Waals surface area contributed by atoms with Gasteiger partial charge in [0.1, 0.15) is 5.57 Å². The molecule has 0 radical (unpaired) electrons. The van der Waals surface area contributed by atoms with E-state index < -0.39 is 104 Å². The molecule has 1 heterocycles. The molecule has 0 saturated carbocycles. The minimum atomic E-state index is -2.96. The Kier molecular flexibility index (Phi) is 9.60. The molecule has 2 aromatic rings. The van der Waals surface area contributed by atoms with E-state index in [9.17, 15) is 54.9 Å². The number of carbonyl (C=O) groups excluding carboxylic acids is 4. The van der Waals surface area contributed by atoms with Crippen molar-refractivity contribution in [3.8, 4) is 23.0 Å². The fourth-order valence-electron chi connectivity index (χ4n) is 5.36. The number of esters is 1. The number of aliphatic hydroxyl groups excluding tert-OH is 2. The standard InChI is InChI=1S/C35H34O12/c1-5-16(2)10-17(3)6-8-20(37)13-23-30(35(46,18(4)36)33(44)31(23)42)22-15-27(41)26(40)14-21(22)29-32(43)28(47-34(29)45)12-19-7-9-24(38)25(39)11-19/h6-12,14-16,33,38-41,43-44,46H,5,13H2,1-4H3. The number of aromatic hydroxyl groups is 4. The second-order valence-corrected chi connectivity index (χ2v) is 11.5. The Hall–Kier alpha value is -5.46. The SMILES string of the molecule is CCC(C)C=C(C)C=CC(=O)CC1=C(c2cc(O)c(O)cc2C2=C(O)C(=Cc3ccc(O)c(O)c3)OC2=O)C(O)(C(C)=O)C(O)C1=O. The molecule has 4 rings (SSSR count). The number of carbonyl (C=O) groups is 4. The van der Waals surface area contributed by atoms with E-state index in [4.69, 9.17) is 4.74 Å². The van der Waals surface area contributed by atoms with Gasteiger partial charge in [-0.1, -0.05) is 44.1 Å². The third-order valence-electron chi connectivity index (χ3n) is 8.06. The molecule has 0 fully saturated rings. The number of cyclic esters (lactones) is 1. The number of phenolic OH excluding ortho intramolecular Hbond substituents is 4. The fraction of sp³-hybridized carbons (Fsp3) is 0.257. The van der Waals surface area contributed by atoms with E-state index in [2.05, 4.69) is 0 Å². The number of rotatable bonds is 10. The van der Waals surface area contributed by atoms with Crippen molar-refractivity contribution in [3.05, 3.63) is 87.9 Å². The van der Waals surface area contributed by atoms with Crippen molar-refractivity contribution in [2.24, 2.45) is 5.92 Å². The number of benzene rings is 2. The van der Waals surface area contributed by atoms with E-state index in [-0.39, 0.29) is 11.5 Å². The second-order valence-electron chi connectivity index (χ2n) is 11.5. The van der Waals surface area contributed by atoms with Crippen LogP contribution in [0.25, 0.3) is 17.2 Å². The van der Waals surface area contributed by atoms with Crippen molar-refractivity contribution in [3.63, 3.8) is 0 Å². The van der Waals surface area contributed by atoms with E-state index in [1.807, 2.05) is 19.9 Å². The summed E-state index contributed by atoms with van der Waals surface area (Å²) in [6, 6.07) is 5.22. The van der Waals surface area contributed by atoms with Gasteiger partial charge in [0, 0.05) is 23.1 Å². The molecule has 0 bridgehead atoms. The van der Waals surface area contributed by atoms with Crippen molar-refractivity contribution in [1.82, 2.24) is 0 Å². The number of phenols is 4. The number of ketones is 3. The van der Waals surface area contributed by atoms with Crippen molar-refractivity contribution in [1.29, 1.82) is 0 Å². The van der Waals surface area contributed by atoms with E-state index in [0.717, 1.165) is 49.3 Å². The highest BCUT2D eigenvalue weighted by Gasteiger charge is 2.56. The van der Waals surface area contributed by atoms with Crippen LogP contribution in [0.15, 0.2) is 71.2 Å². The van der Waals surface area contributed by atoms with E-state index >= 15 is 0 Å². The molecule has 12 nitrogen and oxygen atoms in total. The first-order valence-corrected chi connectivity index (χ1v) is 14.6. The zero-order valence-corrected chi connectivity index (χ0v) is 25.9. The first-order chi connectivity index (χ1) is 22.0. The van der Waals surface area contributed by atoms with Crippen molar-refractivity contribution >= 4 is 40.5 Å². The molecule has 0 amide bonds. The number of ether oxygens (including phenoxy) is 1. The summed E-state index contributed by atoms with van der Waals surface area (Å²) in [4.78, 5) is 52.5. The predicted molar refractivity (Wildman–Crippen MR) is 169 cm³/mol. The minimum absolute atomic E-state index is 0.186. The molecule has 47 heavy (non-hydrogen) atoms. The predicted octanol–water partition coefficient (Wildman–Crippen LogP) is 3.90. The Labute approximate surface area is 269 Å². The van der Waals surface area contributed by atoms with Crippen LogP contribution in [-0.2, 0) is 23.9 Å². The fourth-order valence-corrected chi connectivity index (χ4v) is 5.36. The van der Waals surface area contributed by atoms with Gasteiger partial charge < -0.3 is 40.5 Å². The molecule has 0 aromatic heterocycles. The van der Waals surface area contributed by atoms with E-state index in [1.54, 1.807) is 6.92 Å². The molecule has 2 aliphatic rings. The Balaban J connectivity index is 1.94. The highest BCUT2D eigenvalue weighted by atomic mass is 16.6. The number of allylic oxidation sites excluding steroid dienone is 4. The third kappa shape index (κ3) is 6.46. The lowest BCUT2D eigenvalue weighted by atomic mass is 9.81. The van der Waals surface area contributed by atoms with Gasteiger partial charge >= 0.3 is 5.97 Å². The highest BCUT2D eigenvalue weighted by molar-refractivity contribution is 6.26. The van der Waals surface area contributed by atoms with Crippen molar-refractivity contribution in [2.75, 3.05) is 0 Å². The van der Waals surface area contributed by atoms with Crippen LogP contribution < -0.4 is 0 Å². The quantitative estimate of drug-likeness (QED) is 0.0846. The smallest absolute Gasteiger partial charge is 0.348 e. The van der Waals surface area contributed by atoms with Crippen molar-refractivity contribution in [2.45, 2.75) is 52.2 Å².